The van der Waals surface area contributed by atoms with Gasteiger partial charge in [0.15, 0.2) is 0 Å². The van der Waals surface area contributed by atoms with E-state index in [2.05, 4.69) is 4.72 Å². The minimum atomic E-state index is -3.67. The summed E-state index contributed by atoms with van der Waals surface area (Å²) in [5, 5.41) is 0.117. The molecule has 2 aromatic carbocycles. The van der Waals surface area contributed by atoms with Crippen molar-refractivity contribution in [3.8, 4) is 0 Å². The second-order valence-electron chi connectivity index (χ2n) is 4.26. The second kappa shape index (κ2) is 5.68. The minimum absolute atomic E-state index is 0.0823. The Morgan fingerprint density at radius 2 is 1.95 bits per heavy atom. The summed E-state index contributed by atoms with van der Waals surface area (Å²) in [4.78, 5) is 0. The number of hydrogen-bond acceptors (Lipinski definition) is 3. The lowest BCUT2D eigenvalue weighted by molar-refractivity contribution is 0.600. The highest BCUT2D eigenvalue weighted by Gasteiger charge is 2.13. The van der Waals surface area contributed by atoms with Crippen molar-refractivity contribution in [2.45, 2.75) is 5.75 Å². The van der Waals surface area contributed by atoms with Gasteiger partial charge in [0.2, 0.25) is 10.0 Å². The summed E-state index contributed by atoms with van der Waals surface area (Å²) < 4.78 is 39.4. The molecule has 3 N–H and O–H groups in total. The summed E-state index contributed by atoms with van der Waals surface area (Å²) in [6, 6.07) is 10.0. The predicted molar refractivity (Wildman–Crippen MR) is 78.5 cm³/mol. The fourth-order valence-electron chi connectivity index (χ4n) is 1.73. The molecule has 0 atom stereocenters. The van der Waals surface area contributed by atoms with Gasteiger partial charge in [0.05, 0.1) is 11.4 Å². The second-order valence-corrected chi connectivity index (χ2v) is 6.42. The molecule has 0 aliphatic heterocycles. The maximum Gasteiger partial charge on any atom is 0.236 e. The van der Waals surface area contributed by atoms with E-state index >= 15 is 0 Å². The van der Waals surface area contributed by atoms with E-state index in [9.17, 15) is 12.8 Å². The third kappa shape index (κ3) is 4.11. The zero-order chi connectivity index (χ0) is 14.8. The summed E-state index contributed by atoms with van der Waals surface area (Å²) in [7, 11) is -3.67. The number of rotatable bonds is 4. The Labute approximate surface area is 121 Å². The maximum absolute atomic E-state index is 13.1. The molecule has 0 unspecified atom stereocenters. The molecule has 2 aromatic rings. The standard InChI is InChI=1S/C13H12ClFN2O2S/c14-10-5-11(15)7-13(6-10)17-20(18,19)8-9-2-1-3-12(16)4-9/h1-7,17H,8,16H2. The van der Waals surface area contributed by atoms with Crippen molar-refractivity contribution >= 4 is 33.0 Å². The fraction of sp³-hybridized carbons (Fsp3) is 0.0769. The van der Waals surface area contributed by atoms with Crippen LogP contribution in [-0.2, 0) is 15.8 Å². The highest BCUT2D eigenvalue weighted by atomic mass is 35.5. The number of halogens is 2. The summed E-state index contributed by atoms with van der Waals surface area (Å²) in [6.45, 7) is 0. The maximum atomic E-state index is 13.1. The topological polar surface area (TPSA) is 72.2 Å². The lowest BCUT2D eigenvalue weighted by atomic mass is 10.2. The molecule has 0 aliphatic rings. The summed E-state index contributed by atoms with van der Waals surface area (Å²) in [6.07, 6.45) is 0. The Balaban J connectivity index is 2.19. The molecule has 7 heteroatoms. The predicted octanol–water partition coefficient (Wildman–Crippen LogP) is 3.00. The number of nitrogen functional groups attached to an aromatic ring is 1. The van der Waals surface area contributed by atoms with Gasteiger partial charge in [-0.25, -0.2) is 12.8 Å². The van der Waals surface area contributed by atoms with Crippen LogP contribution in [0.4, 0.5) is 15.8 Å². The molecule has 0 bridgehead atoms. The van der Waals surface area contributed by atoms with Gasteiger partial charge in [-0.1, -0.05) is 23.7 Å². The molecular formula is C13H12ClFN2O2S. The van der Waals surface area contributed by atoms with E-state index < -0.39 is 15.8 Å². The normalized spacial score (nSPS) is 11.3. The Kier molecular flexibility index (Phi) is 4.15. The first kappa shape index (κ1) is 14.6. The van der Waals surface area contributed by atoms with Crippen LogP contribution in [-0.4, -0.2) is 8.42 Å². The highest BCUT2D eigenvalue weighted by molar-refractivity contribution is 7.91. The van der Waals surface area contributed by atoms with Crippen molar-refractivity contribution in [3.63, 3.8) is 0 Å². The van der Waals surface area contributed by atoms with Crippen molar-refractivity contribution in [2.24, 2.45) is 0 Å². The lowest BCUT2D eigenvalue weighted by Crippen LogP contribution is -2.15. The van der Waals surface area contributed by atoms with Gasteiger partial charge >= 0.3 is 0 Å². The van der Waals surface area contributed by atoms with E-state index in [4.69, 9.17) is 17.3 Å². The van der Waals surface area contributed by atoms with Crippen LogP contribution in [0.25, 0.3) is 0 Å². The molecule has 0 heterocycles. The van der Waals surface area contributed by atoms with Crippen LogP contribution >= 0.6 is 11.6 Å². The number of nitrogens with one attached hydrogen (secondary N) is 1. The first-order valence-electron chi connectivity index (χ1n) is 5.65. The van der Waals surface area contributed by atoms with Crippen molar-refractivity contribution < 1.29 is 12.8 Å². The van der Waals surface area contributed by atoms with Crippen molar-refractivity contribution in [2.75, 3.05) is 10.5 Å². The number of hydrogen-bond donors (Lipinski definition) is 2. The SMILES string of the molecule is Nc1cccc(CS(=O)(=O)Nc2cc(F)cc(Cl)c2)c1. The quantitative estimate of drug-likeness (QED) is 0.852. The Morgan fingerprint density at radius 3 is 2.60 bits per heavy atom. The molecule has 0 saturated carbocycles. The average molecular weight is 315 g/mol. The molecule has 0 radical (unpaired) electrons. The van der Waals surface area contributed by atoms with Gasteiger partial charge in [-0.2, -0.15) is 0 Å². The molecule has 20 heavy (non-hydrogen) atoms. The number of benzene rings is 2. The van der Waals surface area contributed by atoms with E-state index in [-0.39, 0.29) is 16.5 Å². The Bertz CT molecular complexity index is 715. The molecular weight excluding hydrogens is 303 g/mol. The molecule has 106 valence electrons. The number of sulfonamides is 1. The van der Waals surface area contributed by atoms with Gasteiger partial charge in [-0.15, -0.1) is 0 Å². The van der Waals surface area contributed by atoms with Crippen molar-refractivity contribution in [1.29, 1.82) is 0 Å². The van der Waals surface area contributed by atoms with Gasteiger partial charge in [-0.3, -0.25) is 4.72 Å². The zero-order valence-corrected chi connectivity index (χ0v) is 11.9. The van der Waals surface area contributed by atoms with Gasteiger partial charge in [0.25, 0.3) is 0 Å². The molecule has 0 aromatic heterocycles. The van der Waals surface area contributed by atoms with Gasteiger partial charge < -0.3 is 5.73 Å². The van der Waals surface area contributed by atoms with Gasteiger partial charge in [0, 0.05) is 10.7 Å². The van der Waals surface area contributed by atoms with Crippen LogP contribution in [0, 0.1) is 5.82 Å². The highest BCUT2D eigenvalue weighted by Crippen LogP contribution is 2.20. The first-order chi connectivity index (χ1) is 9.34. The molecule has 0 saturated heterocycles. The third-order valence-corrected chi connectivity index (χ3v) is 3.92. The van der Waals surface area contributed by atoms with Gasteiger partial charge in [-0.05, 0) is 35.9 Å². The van der Waals surface area contributed by atoms with Crippen LogP contribution < -0.4 is 10.5 Å². The Morgan fingerprint density at radius 1 is 1.20 bits per heavy atom. The smallest absolute Gasteiger partial charge is 0.236 e. The lowest BCUT2D eigenvalue weighted by Gasteiger charge is -2.09. The van der Waals surface area contributed by atoms with Crippen molar-refractivity contribution in [3.05, 3.63) is 58.9 Å². The minimum Gasteiger partial charge on any atom is -0.399 e. The molecule has 0 aliphatic carbocycles. The van der Waals surface area contributed by atoms with E-state index in [1.165, 1.54) is 6.07 Å². The molecule has 4 nitrogen and oxygen atoms in total. The zero-order valence-electron chi connectivity index (χ0n) is 10.3. The van der Waals surface area contributed by atoms with Crippen molar-refractivity contribution in [1.82, 2.24) is 0 Å². The van der Waals surface area contributed by atoms with Crippen LogP contribution in [0.2, 0.25) is 5.02 Å². The molecule has 0 amide bonds. The third-order valence-electron chi connectivity index (χ3n) is 2.44. The van der Waals surface area contributed by atoms with Gasteiger partial charge in [0.1, 0.15) is 5.82 Å². The van der Waals surface area contributed by atoms with Crippen LogP contribution in [0.3, 0.4) is 0 Å². The Hall–Kier alpha value is -1.79. The molecule has 2 rings (SSSR count). The fourth-order valence-corrected chi connectivity index (χ4v) is 3.12. The molecule has 0 spiro atoms. The van der Waals surface area contributed by atoms with E-state index in [1.807, 2.05) is 0 Å². The first-order valence-corrected chi connectivity index (χ1v) is 7.68. The van der Waals surface area contributed by atoms with Crippen LogP contribution in [0.5, 0.6) is 0 Å². The van der Waals surface area contributed by atoms with Crippen LogP contribution in [0.15, 0.2) is 42.5 Å². The summed E-state index contributed by atoms with van der Waals surface area (Å²) in [5.74, 6) is -0.870. The molecule has 0 fully saturated rings. The van der Waals surface area contributed by atoms with E-state index in [0.29, 0.717) is 11.3 Å². The number of anilines is 2. The van der Waals surface area contributed by atoms with E-state index in [1.54, 1.807) is 24.3 Å². The average Bonchev–Trinajstić information content (AvgIpc) is 2.25. The van der Waals surface area contributed by atoms with Crippen LogP contribution in [0.1, 0.15) is 5.56 Å². The monoisotopic (exact) mass is 314 g/mol. The summed E-state index contributed by atoms with van der Waals surface area (Å²) in [5.41, 5.74) is 6.69. The van der Waals surface area contributed by atoms with E-state index in [0.717, 1.165) is 12.1 Å². The number of nitrogens with two attached hydrogens (primary N) is 1. The summed E-state index contributed by atoms with van der Waals surface area (Å²) >= 11 is 5.67. The largest absolute Gasteiger partial charge is 0.399 e.